The van der Waals surface area contributed by atoms with Crippen LogP contribution in [0.1, 0.15) is 23.3 Å². The molecule has 0 bridgehead atoms. The molecule has 8 heteroatoms. The number of piperidine rings is 1. The van der Waals surface area contributed by atoms with Gasteiger partial charge in [-0.2, -0.15) is 9.90 Å². The van der Waals surface area contributed by atoms with Gasteiger partial charge in [-0.15, -0.1) is 5.10 Å². The van der Waals surface area contributed by atoms with Crippen LogP contribution in [0.3, 0.4) is 0 Å². The van der Waals surface area contributed by atoms with Gasteiger partial charge in [-0.3, -0.25) is 9.59 Å². The number of fused-ring (bicyclic) bond motifs is 1. The zero-order chi connectivity index (χ0) is 16.7. The van der Waals surface area contributed by atoms with E-state index < -0.39 is 0 Å². The molecule has 0 unspecified atom stereocenters. The monoisotopic (exact) mass is 329 g/mol. The Kier molecular flexibility index (Phi) is 3.51. The number of nitrogens with one attached hydrogen (secondary N) is 1. The second-order valence-electron chi connectivity index (χ2n) is 6.06. The number of halogens is 1. The van der Waals surface area contributed by atoms with E-state index in [2.05, 4.69) is 15.5 Å². The molecule has 1 aromatic carbocycles. The fraction of sp³-hybridized carbons (Fsp3) is 0.375. The molecule has 2 aliphatic rings. The third-order valence-electron chi connectivity index (χ3n) is 4.63. The first-order valence-electron chi connectivity index (χ1n) is 7.90. The van der Waals surface area contributed by atoms with Crippen LogP contribution in [0.5, 0.6) is 0 Å². The number of aromatic nitrogens is 3. The number of hydrogen-bond acceptors (Lipinski definition) is 4. The SMILES string of the molecule is O=C1NC[C@H]2[C@@H]1CCCN2C(=O)c1cnn(-c2ccc(F)cc2)n1. The molecule has 24 heavy (non-hydrogen) atoms. The second kappa shape index (κ2) is 5.70. The van der Waals surface area contributed by atoms with Crippen LogP contribution in [-0.4, -0.2) is 50.8 Å². The van der Waals surface area contributed by atoms with Crippen molar-refractivity contribution in [3.8, 4) is 5.69 Å². The van der Waals surface area contributed by atoms with Gasteiger partial charge in [-0.05, 0) is 37.1 Å². The van der Waals surface area contributed by atoms with Crippen LogP contribution in [-0.2, 0) is 4.79 Å². The quantitative estimate of drug-likeness (QED) is 0.882. The van der Waals surface area contributed by atoms with E-state index in [0.29, 0.717) is 18.8 Å². The maximum absolute atomic E-state index is 13.0. The van der Waals surface area contributed by atoms with Crippen LogP contribution >= 0.6 is 0 Å². The van der Waals surface area contributed by atoms with E-state index in [0.717, 1.165) is 12.8 Å². The third kappa shape index (κ3) is 2.44. The summed E-state index contributed by atoms with van der Waals surface area (Å²) in [5, 5.41) is 11.1. The molecule has 2 aliphatic heterocycles. The predicted molar refractivity (Wildman–Crippen MR) is 81.9 cm³/mol. The lowest BCUT2D eigenvalue weighted by atomic mass is 9.91. The molecule has 1 N–H and O–H groups in total. The summed E-state index contributed by atoms with van der Waals surface area (Å²) in [6, 6.07) is 5.59. The van der Waals surface area contributed by atoms with Crippen molar-refractivity contribution in [1.29, 1.82) is 0 Å². The van der Waals surface area contributed by atoms with Crippen LogP contribution in [0, 0.1) is 11.7 Å². The highest BCUT2D eigenvalue weighted by atomic mass is 19.1. The number of nitrogens with zero attached hydrogens (tertiary/aromatic N) is 4. The minimum absolute atomic E-state index is 0.0208. The molecule has 2 fully saturated rings. The average molecular weight is 329 g/mol. The number of likely N-dealkylation sites (tertiary alicyclic amines) is 1. The molecule has 2 amide bonds. The van der Waals surface area contributed by atoms with Gasteiger partial charge in [0.25, 0.3) is 5.91 Å². The van der Waals surface area contributed by atoms with Gasteiger partial charge in [0, 0.05) is 13.1 Å². The standard InChI is InChI=1S/C16H16FN5O2/c17-10-3-5-11(6-4-10)22-19-8-13(20-22)16(24)21-7-1-2-12-14(21)9-18-15(12)23/h3-6,8,12,14H,1-2,7,9H2,(H,18,23)/t12-,14-/m0/s1. The van der Waals surface area contributed by atoms with Crippen LogP contribution in [0.15, 0.2) is 30.5 Å². The van der Waals surface area contributed by atoms with E-state index in [1.165, 1.54) is 23.1 Å². The van der Waals surface area contributed by atoms with Crippen LogP contribution in [0.2, 0.25) is 0 Å². The molecule has 4 rings (SSSR count). The minimum atomic E-state index is -0.347. The first-order chi connectivity index (χ1) is 11.6. The highest BCUT2D eigenvalue weighted by Gasteiger charge is 2.43. The maximum atomic E-state index is 13.0. The van der Waals surface area contributed by atoms with Crippen LogP contribution < -0.4 is 5.32 Å². The van der Waals surface area contributed by atoms with Gasteiger partial charge in [0.15, 0.2) is 5.69 Å². The molecule has 124 valence electrons. The van der Waals surface area contributed by atoms with Crippen molar-refractivity contribution in [2.75, 3.05) is 13.1 Å². The lowest BCUT2D eigenvalue weighted by molar-refractivity contribution is -0.123. The van der Waals surface area contributed by atoms with E-state index in [9.17, 15) is 14.0 Å². The van der Waals surface area contributed by atoms with E-state index in [1.807, 2.05) is 0 Å². The van der Waals surface area contributed by atoms with Gasteiger partial charge in [0.05, 0.1) is 23.8 Å². The topological polar surface area (TPSA) is 80.1 Å². The van der Waals surface area contributed by atoms with Gasteiger partial charge >= 0.3 is 0 Å². The molecule has 1 aromatic heterocycles. The van der Waals surface area contributed by atoms with Crippen molar-refractivity contribution in [2.45, 2.75) is 18.9 Å². The molecule has 2 atom stereocenters. The fourth-order valence-corrected chi connectivity index (χ4v) is 3.41. The minimum Gasteiger partial charge on any atom is -0.354 e. The van der Waals surface area contributed by atoms with Gasteiger partial charge in [0.1, 0.15) is 5.82 Å². The van der Waals surface area contributed by atoms with Crippen molar-refractivity contribution in [3.05, 3.63) is 42.0 Å². The number of amides is 2. The van der Waals surface area contributed by atoms with Crippen molar-refractivity contribution >= 4 is 11.8 Å². The third-order valence-corrected chi connectivity index (χ3v) is 4.63. The van der Waals surface area contributed by atoms with Gasteiger partial charge in [0.2, 0.25) is 5.91 Å². The Labute approximate surface area is 137 Å². The summed E-state index contributed by atoms with van der Waals surface area (Å²) in [5.41, 5.74) is 0.795. The molecule has 0 aliphatic carbocycles. The Morgan fingerprint density at radius 3 is 2.88 bits per heavy atom. The summed E-state index contributed by atoms with van der Waals surface area (Å²) >= 11 is 0. The van der Waals surface area contributed by atoms with Gasteiger partial charge in [-0.1, -0.05) is 0 Å². The van der Waals surface area contributed by atoms with Crippen molar-refractivity contribution in [2.24, 2.45) is 5.92 Å². The van der Waals surface area contributed by atoms with Crippen molar-refractivity contribution < 1.29 is 14.0 Å². The molecule has 0 spiro atoms. The van der Waals surface area contributed by atoms with Crippen molar-refractivity contribution in [3.63, 3.8) is 0 Å². The van der Waals surface area contributed by atoms with E-state index in [-0.39, 0.29) is 35.3 Å². The lowest BCUT2D eigenvalue weighted by Gasteiger charge is -2.35. The summed E-state index contributed by atoms with van der Waals surface area (Å²) < 4.78 is 13.0. The predicted octanol–water partition coefficient (Wildman–Crippen LogP) is 0.757. The summed E-state index contributed by atoms with van der Waals surface area (Å²) in [4.78, 5) is 27.6. The van der Waals surface area contributed by atoms with Gasteiger partial charge < -0.3 is 10.2 Å². The Bertz CT molecular complexity index is 788. The highest BCUT2D eigenvalue weighted by molar-refractivity contribution is 5.93. The summed E-state index contributed by atoms with van der Waals surface area (Å²) in [5.74, 6) is -0.683. The lowest BCUT2D eigenvalue weighted by Crippen LogP contribution is -2.48. The summed E-state index contributed by atoms with van der Waals surface area (Å²) in [6.45, 7) is 1.10. The molecule has 7 nitrogen and oxygen atoms in total. The number of carbonyl (C=O) groups excluding carboxylic acids is 2. The first-order valence-corrected chi connectivity index (χ1v) is 7.90. The van der Waals surface area contributed by atoms with Gasteiger partial charge in [-0.25, -0.2) is 4.39 Å². The van der Waals surface area contributed by atoms with E-state index >= 15 is 0 Å². The largest absolute Gasteiger partial charge is 0.354 e. The molecule has 0 saturated carbocycles. The normalized spacial score (nSPS) is 23.0. The highest BCUT2D eigenvalue weighted by Crippen LogP contribution is 2.28. The van der Waals surface area contributed by atoms with E-state index in [1.54, 1.807) is 17.0 Å². The Hall–Kier alpha value is -2.77. The maximum Gasteiger partial charge on any atom is 0.276 e. The Morgan fingerprint density at radius 1 is 1.29 bits per heavy atom. The average Bonchev–Trinajstić information content (AvgIpc) is 3.23. The fourth-order valence-electron chi connectivity index (χ4n) is 3.41. The van der Waals surface area contributed by atoms with Crippen LogP contribution in [0.25, 0.3) is 5.69 Å². The molecule has 0 radical (unpaired) electrons. The number of benzene rings is 1. The second-order valence-corrected chi connectivity index (χ2v) is 6.06. The Balaban J connectivity index is 1.57. The van der Waals surface area contributed by atoms with Crippen LogP contribution in [0.4, 0.5) is 4.39 Å². The number of rotatable bonds is 2. The molecule has 3 heterocycles. The summed E-state index contributed by atoms with van der Waals surface area (Å²) in [7, 11) is 0. The molecule has 2 aromatic rings. The van der Waals surface area contributed by atoms with Crippen molar-refractivity contribution in [1.82, 2.24) is 25.2 Å². The smallest absolute Gasteiger partial charge is 0.276 e. The molecular formula is C16H16FN5O2. The zero-order valence-electron chi connectivity index (χ0n) is 12.9. The number of carbonyl (C=O) groups is 2. The molecule has 2 saturated heterocycles. The first kappa shape index (κ1) is 14.8. The molecular weight excluding hydrogens is 313 g/mol. The summed E-state index contributed by atoms with van der Waals surface area (Å²) in [6.07, 6.45) is 3.01. The Morgan fingerprint density at radius 2 is 2.08 bits per heavy atom. The number of hydrogen-bond donors (Lipinski definition) is 1. The zero-order valence-corrected chi connectivity index (χ0v) is 12.9. The van der Waals surface area contributed by atoms with E-state index in [4.69, 9.17) is 0 Å².